The molecule has 18 heavy (non-hydrogen) atoms. The summed E-state index contributed by atoms with van der Waals surface area (Å²) in [4.78, 5) is 32.4. The number of rotatable bonds is 4. The maximum absolute atomic E-state index is 11.6. The first-order valence-corrected chi connectivity index (χ1v) is 5.73. The number of hydrogen-bond acceptors (Lipinski definition) is 4. The number of aromatic nitrogens is 4. The number of ether oxygens (including phenoxy) is 1. The Morgan fingerprint density at radius 2 is 2.11 bits per heavy atom. The molecule has 2 aromatic heterocycles. The van der Waals surface area contributed by atoms with Gasteiger partial charge in [-0.3, -0.25) is 14.3 Å². The zero-order chi connectivity index (χ0) is 13.3. The lowest BCUT2D eigenvalue weighted by molar-refractivity contribution is 0.111. The maximum Gasteiger partial charge on any atom is 0.329 e. The Morgan fingerprint density at radius 3 is 2.78 bits per heavy atom. The molecule has 0 amide bonds. The van der Waals surface area contributed by atoms with E-state index in [4.69, 9.17) is 4.74 Å². The second kappa shape index (κ2) is 4.77. The fourth-order valence-electron chi connectivity index (χ4n) is 1.73. The highest BCUT2D eigenvalue weighted by Crippen LogP contribution is 2.07. The van der Waals surface area contributed by atoms with E-state index in [1.165, 1.54) is 4.57 Å². The van der Waals surface area contributed by atoms with Gasteiger partial charge in [0, 0.05) is 20.6 Å². The van der Waals surface area contributed by atoms with Crippen LogP contribution in [0.3, 0.4) is 0 Å². The van der Waals surface area contributed by atoms with Crippen LogP contribution in [0.2, 0.25) is 0 Å². The van der Waals surface area contributed by atoms with Gasteiger partial charge in [0.2, 0.25) is 0 Å². The summed E-state index contributed by atoms with van der Waals surface area (Å²) in [5.74, 6) is 0.681. The van der Waals surface area contributed by atoms with E-state index in [-0.39, 0.29) is 6.10 Å². The summed E-state index contributed by atoms with van der Waals surface area (Å²) in [6, 6.07) is 0. The first-order chi connectivity index (χ1) is 8.52. The Morgan fingerprint density at radius 1 is 1.39 bits per heavy atom. The lowest BCUT2D eigenvalue weighted by Crippen LogP contribution is -2.28. The predicted octanol–water partition coefficient (Wildman–Crippen LogP) is -0.0826. The highest BCUT2D eigenvalue weighted by molar-refractivity contribution is 5.69. The zero-order valence-electron chi connectivity index (χ0n) is 10.6. The van der Waals surface area contributed by atoms with Gasteiger partial charge in [-0.1, -0.05) is 0 Å². The van der Waals surface area contributed by atoms with Gasteiger partial charge in [-0.05, 0) is 13.3 Å². The summed E-state index contributed by atoms with van der Waals surface area (Å²) < 4.78 is 6.46. The van der Waals surface area contributed by atoms with E-state index >= 15 is 0 Å². The molecule has 0 saturated carbocycles. The molecule has 0 aliphatic carbocycles. The lowest BCUT2D eigenvalue weighted by atomic mass is 10.2. The van der Waals surface area contributed by atoms with Gasteiger partial charge >= 0.3 is 5.69 Å². The van der Waals surface area contributed by atoms with Crippen molar-refractivity contribution < 1.29 is 4.74 Å². The number of aromatic amines is 2. The number of nitrogens with one attached hydrogen (secondary N) is 2. The molecule has 0 aliphatic heterocycles. The van der Waals surface area contributed by atoms with Gasteiger partial charge in [0.25, 0.3) is 5.56 Å². The fourth-order valence-corrected chi connectivity index (χ4v) is 1.73. The van der Waals surface area contributed by atoms with Crippen LogP contribution < -0.4 is 11.2 Å². The molecule has 2 aromatic rings. The van der Waals surface area contributed by atoms with Crippen LogP contribution in [-0.2, 0) is 18.2 Å². The Labute approximate surface area is 103 Å². The zero-order valence-corrected chi connectivity index (χ0v) is 10.6. The van der Waals surface area contributed by atoms with E-state index in [2.05, 4.69) is 15.0 Å². The monoisotopic (exact) mass is 252 g/mol. The van der Waals surface area contributed by atoms with Gasteiger partial charge in [-0.25, -0.2) is 9.78 Å². The van der Waals surface area contributed by atoms with Gasteiger partial charge in [-0.15, -0.1) is 0 Å². The fraction of sp³-hybridized carbons (Fsp3) is 0.545. The molecule has 1 unspecified atom stereocenters. The number of imidazole rings is 1. The maximum atomic E-state index is 11.6. The van der Waals surface area contributed by atoms with Gasteiger partial charge in [-0.2, -0.15) is 0 Å². The third-order valence-electron chi connectivity index (χ3n) is 2.99. The largest absolute Gasteiger partial charge is 0.382 e. The molecule has 0 spiro atoms. The molecule has 0 bridgehead atoms. The van der Waals surface area contributed by atoms with E-state index in [0.29, 0.717) is 23.4 Å². The highest BCUT2D eigenvalue weighted by Gasteiger charge is 2.11. The quantitative estimate of drug-likeness (QED) is 0.795. The van der Waals surface area contributed by atoms with Crippen molar-refractivity contribution in [3.63, 3.8) is 0 Å². The normalized spacial score (nSPS) is 13.1. The first-order valence-electron chi connectivity index (χ1n) is 5.73. The van der Waals surface area contributed by atoms with Crippen LogP contribution in [0, 0.1) is 0 Å². The van der Waals surface area contributed by atoms with E-state index in [1.54, 1.807) is 14.2 Å². The minimum atomic E-state index is -0.462. The Kier molecular flexibility index (Phi) is 3.33. The topological polar surface area (TPSA) is 92.8 Å². The van der Waals surface area contributed by atoms with Crippen molar-refractivity contribution in [2.24, 2.45) is 7.05 Å². The first kappa shape index (κ1) is 12.6. The summed E-state index contributed by atoms with van der Waals surface area (Å²) in [5, 5.41) is 0. The number of aryl methyl sites for hydroxylation is 2. The van der Waals surface area contributed by atoms with Crippen LogP contribution in [0.4, 0.5) is 0 Å². The Balaban J connectivity index is 2.39. The summed E-state index contributed by atoms with van der Waals surface area (Å²) in [6.07, 6.45) is 1.58. The van der Waals surface area contributed by atoms with Crippen molar-refractivity contribution in [3.05, 3.63) is 26.7 Å². The predicted molar refractivity (Wildman–Crippen MR) is 66.7 cm³/mol. The standard InChI is InChI=1S/C11H16N4O3/c1-6(18-3)4-5-7-12-8-9(13-7)15(2)11(17)14-10(8)16/h6H,4-5H2,1-3H3,(H,12,13)(H,14,16,17). The van der Waals surface area contributed by atoms with Crippen molar-refractivity contribution in [1.29, 1.82) is 0 Å². The van der Waals surface area contributed by atoms with Crippen molar-refractivity contribution in [3.8, 4) is 0 Å². The summed E-state index contributed by atoms with van der Waals surface area (Å²) in [6.45, 7) is 1.96. The number of nitrogens with zero attached hydrogens (tertiary/aromatic N) is 2. The number of fused-ring (bicyclic) bond motifs is 1. The van der Waals surface area contributed by atoms with Crippen LogP contribution in [0.25, 0.3) is 11.2 Å². The number of methoxy groups -OCH3 is 1. The number of H-pyrrole nitrogens is 2. The minimum Gasteiger partial charge on any atom is -0.382 e. The minimum absolute atomic E-state index is 0.125. The SMILES string of the molecule is COC(C)CCc1nc2c([nH]1)c(=O)[nH]c(=O)n2C. The second-order valence-electron chi connectivity index (χ2n) is 4.29. The van der Waals surface area contributed by atoms with Crippen LogP contribution in [0.15, 0.2) is 9.59 Å². The van der Waals surface area contributed by atoms with Crippen molar-refractivity contribution in [2.75, 3.05) is 7.11 Å². The van der Waals surface area contributed by atoms with Crippen molar-refractivity contribution in [1.82, 2.24) is 19.5 Å². The average Bonchev–Trinajstić information content (AvgIpc) is 2.78. The number of hydrogen-bond donors (Lipinski definition) is 2. The van der Waals surface area contributed by atoms with Gasteiger partial charge in [0.15, 0.2) is 5.65 Å². The average molecular weight is 252 g/mol. The Bertz CT molecular complexity index is 667. The van der Waals surface area contributed by atoms with Crippen LogP contribution in [-0.4, -0.2) is 32.7 Å². The third-order valence-corrected chi connectivity index (χ3v) is 2.99. The summed E-state index contributed by atoms with van der Waals surface area (Å²) >= 11 is 0. The van der Waals surface area contributed by atoms with Crippen molar-refractivity contribution >= 4 is 11.2 Å². The molecule has 2 heterocycles. The molecule has 0 saturated heterocycles. The van der Waals surface area contributed by atoms with E-state index in [0.717, 1.165) is 6.42 Å². The van der Waals surface area contributed by atoms with E-state index in [9.17, 15) is 9.59 Å². The molecule has 98 valence electrons. The molecule has 0 aliphatic rings. The molecule has 0 aromatic carbocycles. The smallest absolute Gasteiger partial charge is 0.329 e. The molecule has 2 N–H and O–H groups in total. The highest BCUT2D eigenvalue weighted by atomic mass is 16.5. The molecule has 1 atom stereocenters. The molecule has 7 heteroatoms. The summed E-state index contributed by atoms with van der Waals surface area (Å²) in [7, 11) is 3.22. The Hall–Kier alpha value is -1.89. The van der Waals surface area contributed by atoms with Gasteiger partial charge in [0.1, 0.15) is 11.3 Å². The molecule has 0 radical (unpaired) electrons. The van der Waals surface area contributed by atoms with Gasteiger partial charge < -0.3 is 9.72 Å². The molecule has 0 fully saturated rings. The molecular formula is C11H16N4O3. The van der Waals surface area contributed by atoms with Gasteiger partial charge in [0.05, 0.1) is 6.10 Å². The molecular weight excluding hydrogens is 236 g/mol. The third kappa shape index (κ3) is 2.21. The van der Waals surface area contributed by atoms with Crippen molar-refractivity contribution in [2.45, 2.75) is 25.9 Å². The lowest BCUT2D eigenvalue weighted by Gasteiger charge is -2.06. The molecule has 7 nitrogen and oxygen atoms in total. The van der Waals surface area contributed by atoms with Crippen LogP contribution in [0.1, 0.15) is 19.2 Å². The second-order valence-corrected chi connectivity index (χ2v) is 4.29. The molecule has 2 rings (SSSR count). The van der Waals surface area contributed by atoms with Crippen LogP contribution >= 0.6 is 0 Å². The van der Waals surface area contributed by atoms with Crippen LogP contribution in [0.5, 0.6) is 0 Å². The van der Waals surface area contributed by atoms with E-state index in [1.807, 2.05) is 6.92 Å². The van der Waals surface area contributed by atoms with E-state index < -0.39 is 11.2 Å². The summed E-state index contributed by atoms with van der Waals surface area (Å²) in [5.41, 5.74) is -0.191.